The van der Waals surface area contributed by atoms with Crippen molar-refractivity contribution in [3.05, 3.63) is 46.7 Å². The number of para-hydroxylation sites is 1. The van der Waals surface area contributed by atoms with E-state index in [4.69, 9.17) is 11.6 Å². The minimum atomic E-state index is -0.0899. The third kappa shape index (κ3) is 2.88. The molecule has 2 aromatic rings. The number of nitrogens with one attached hydrogen (secondary N) is 1. The van der Waals surface area contributed by atoms with E-state index in [0.29, 0.717) is 16.4 Å². The maximum Gasteiger partial charge on any atom is 0.256 e. The minimum absolute atomic E-state index is 0.0899. The van der Waals surface area contributed by atoms with Crippen molar-refractivity contribution in [2.24, 2.45) is 23.2 Å². The van der Waals surface area contributed by atoms with Gasteiger partial charge in [-0.3, -0.25) is 4.79 Å². The molecule has 4 nitrogen and oxygen atoms in total. The van der Waals surface area contributed by atoms with Gasteiger partial charge in [-0.05, 0) is 87.7 Å². The number of amides is 1. The lowest BCUT2D eigenvalue weighted by atomic mass is 9.48. The van der Waals surface area contributed by atoms with Gasteiger partial charge in [-0.2, -0.15) is 5.10 Å². The third-order valence-electron chi connectivity index (χ3n) is 7.58. The predicted octanol–water partition coefficient (Wildman–Crippen LogP) is 5.17. The van der Waals surface area contributed by atoms with Crippen molar-refractivity contribution in [2.75, 3.05) is 0 Å². The molecule has 4 saturated carbocycles. The Balaban J connectivity index is 1.38. The molecule has 4 aliphatic carbocycles. The molecule has 0 unspecified atom stereocenters. The molecule has 4 fully saturated rings. The molecule has 6 rings (SSSR count). The normalized spacial score (nSPS) is 31.8. The van der Waals surface area contributed by atoms with E-state index in [-0.39, 0.29) is 17.4 Å². The molecule has 0 aliphatic heterocycles. The van der Waals surface area contributed by atoms with Crippen LogP contribution < -0.4 is 5.32 Å². The maximum absolute atomic E-state index is 13.2. The van der Waals surface area contributed by atoms with Crippen LogP contribution in [-0.2, 0) is 0 Å². The number of aryl methyl sites for hydroxylation is 1. The van der Waals surface area contributed by atoms with Gasteiger partial charge in [-0.25, -0.2) is 4.68 Å². The maximum atomic E-state index is 13.2. The highest BCUT2D eigenvalue weighted by Gasteiger charge is 2.53. The van der Waals surface area contributed by atoms with Crippen LogP contribution in [0.1, 0.15) is 61.5 Å². The van der Waals surface area contributed by atoms with Crippen molar-refractivity contribution in [3.63, 3.8) is 0 Å². The number of aromatic nitrogens is 2. The lowest BCUT2D eigenvalue weighted by Gasteiger charge is -2.59. The predicted molar refractivity (Wildman–Crippen MR) is 111 cm³/mol. The van der Waals surface area contributed by atoms with Crippen molar-refractivity contribution >= 4 is 17.5 Å². The fraction of sp³-hybridized carbons (Fsp3) is 0.565. The molecule has 28 heavy (non-hydrogen) atoms. The van der Waals surface area contributed by atoms with E-state index in [0.717, 1.165) is 23.4 Å². The first-order chi connectivity index (χ1) is 13.4. The summed E-state index contributed by atoms with van der Waals surface area (Å²) in [5.41, 5.74) is 2.31. The van der Waals surface area contributed by atoms with Crippen molar-refractivity contribution in [3.8, 4) is 5.69 Å². The molecule has 1 atom stereocenters. The monoisotopic (exact) mass is 397 g/mol. The third-order valence-corrected chi connectivity index (χ3v) is 7.93. The molecule has 1 heterocycles. The standard InChI is InChI=1S/C23H28ClN3O/c1-14-20(21(24)27(26-14)19-6-4-3-5-7-19)22(28)25-15(2)23-11-16-8-17(12-23)10-18(9-16)13-23/h3-7,15-18H,8-13H2,1-2H3,(H,25,28)/t15-,16?,17?,18?,23?/m1/s1. The molecule has 4 aliphatic rings. The van der Waals surface area contributed by atoms with E-state index in [1.165, 1.54) is 38.5 Å². The number of halogens is 1. The van der Waals surface area contributed by atoms with Crippen LogP contribution in [0.3, 0.4) is 0 Å². The Hall–Kier alpha value is -1.81. The number of rotatable bonds is 4. The second-order valence-corrected chi connectivity index (χ2v) is 9.83. The highest BCUT2D eigenvalue weighted by atomic mass is 35.5. The van der Waals surface area contributed by atoms with Gasteiger partial charge in [0.2, 0.25) is 0 Å². The van der Waals surface area contributed by atoms with Crippen LogP contribution >= 0.6 is 11.6 Å². The van der Waals surface area contributed by atoms with Crippen molar-refractivity contribution in [1.82, 2.24) is 15.1 Å². The Morgan fingerprint density at radius 3 is 2.29 bits per heavy atom. The number of nitrogens with zero attached hydrogens (tertiary/aromatic N) is 2. The van der Waals surface area contributed by atoms with Crippen LogP contribution in [0, 0.1) is 30.1 Å². The van der Waals surface area contributed by atoms with Crippen LogP contribution in [0.5, 0.6) is 0 Å². The lowest BCUT2D eigenvalue weighted by Crippen LogP contribution is -2.55. The summed E-state index contributed by atoms with van der Waals surface area (Å²) in [5.74, 6) is 2.53. The summed E-state index contributed by atoms with van der Waals surface area (Å²) in [4.78, 5) is 13.2. The van der Waals surface area contributed by atoms with Crippen molar-refractivity contribution < 1.29 is 4.79 Å². The zero-order valence-electron chi connectivity index (χ0n) is 16.6. The van der Waals surface area contributed by atoms with E-state index in [1.807, 2.05) is 37.3 Å². The first-order valence-corrected chi connectivity index (χ1v) is 10.9. The molecule has 1 N–H and O–H groups in total. The lowest BCUT2D eigenvalue weighted by molar-refractivity contribution is -0.0688. The van der Waals surface area contributed by atoms with E-state index in [1.54, 1.807) is 4.68 Å². The van der Waals surface area contributed by atoms with E-state index >= 15 is 0 Å². The number of hydrogen-bond acceptors (Lipinski definition) is 2. The molecule has 1 amide bonds. The molecular weight excluding hydrogens is 370 g/mol. The topological polar surface area (TPSA) is 46.9 Å². The number of benzene rings is 1. The largest absolute Gasteiger partial charge is 0.349 e. The molecule has 0 saturated heterocycles. The fourth-order valence-electron chi connectivity index (χ4n) is 6.63. The van der Waals surface area contributed by atoms with Crippen LogP contribution in [0.15, 0.2) is 30.3 Å². The van der Waals surface area contributed by atoms with Gasteiger partial charge in [-0.15, -0.1) is 0 Å². The molecule has 5 heteroatoms. The summed E-state index contributed by atoms with van der Waals surface area (Å²) in [6.45, 7) is 4.06. The van der Waals surface area contributed by atoms with E-state index < -0.39 is 0 Å². The molecule has 0 spiro atoms. The molecular formula is C23H28ClN3O. The zero-order valence-corrected chi connectivity index (χ0v) is 17.4. The summed E-state index contributed by atoms with van der Waals surface area (Å²) in [7, 11) is 0. The smallest absolute Gasteiger partial charge is 0.256 e. The van der Waals surface area contributed by atoms with Crippen LogP contribution in [0.4, 0.5) is 0 Å². The summed E-state index contributed by atoms with van der Waals surface area (Å²) in [5, 5.41) is 8.24. The molecule has 1 aromatic heterocycles. The number of hydrogen-bond donors (Lipinski definition) is 1. The van der Waals surface area contributed by atoms with Gasteiger partial charge in [-0.1, -0.05) is 29.8 Å². The highest BCUT2D eigenvalue weighted by Crippen LogP contribution is 2.61. The van der Waals surface area contributed by atoms with Gasteiger partial charge in [0, 0.05) is 6.04 Å². The highest BCUT2D eigenvalue weighted by molar-refractivity contribution is 6.33. The summed E-state index contributed by atoms with van der Waals surface area (Å²) >= 11 is 6.60. The molecule has 0 radical (unpaired) electrons. The molecule has 148 valence electrons. The Labute approximate surface area is 171 Å². The second-order valence-electron chi connectivity index (χ2n) is 9.47. The summed E-state index contributed by atoms with van der Waals surface area (Å²) in [6.07, 6.45) is 8.06. The van der Waals surface area contributed by atoms with E-state index in [2.05, 4.69) is 17.3 Å². The van der Waals surface area contributed by atoms with Gasteiger partial charge in [0.25, 0.3) is 5.91 Å². The van der Waals surface area contributed by atoms with Crippen LogP contribution in [0.2, 0.25) is 5.15 Å². The fourth-order valence-corrected chi connectivity index (χ4v) is 6.99. The van der Waals surface area contributed by atoms with Gasteiger partial charge in [0.05, 0.1) is 16.9 Å². The second kappa shape index (κ2) is 6.62. The first-order valence-electron chi connectivity index (χ1n) is 10.6. The van der Waals surface area contributed by atoms with Crippen molar-refractivity contribution in [1.29, 1.82) is 0 Å². The van der Waals surface area contributed by atoms with Gasteiger partial charge in [0.1, 0.15) is 5.15 Å². The molecule has 1 aromatic carbocycles. The Bertz CT molecular complexity index is 869. The Kier molecular flexibility index (Phi) is 4.31. The minimum Gasteiger partial charge on any atom is -0.349 e. The molecule has 4 bridgehead atoms. The van der Waals surface area contributed by atoms with Gasteiger partial charge >= 0.3 is 0 Å². The van der Waals surface area contributed by atoms with Gasteiger partial charge < -0.3 is 5.32 Å². The Morgan fingerprint density at radius 2 is 1.71 bits per heavy atom. The van der Waals surface area contributed by atoms with Crippen molar-refractivity contribution in [2.45, 2.75) is 58.4 Å². The SMILES string of the molecule is Cc1nn(-c2ccccc2)c(Cl)c1C(=O)N[C@H](C)C12CC3CC(CC(C3)C1)C2. The first kappa shape index (κ1) is 18.2. The summed E-state index contributed by atoms with van der Waals surface area (Å²) < 4.78 is 1.65. The zero-order chi connectivity index (χ0) is 19.5. The van der Waals surface area contributed by atoms with E-state index in [9.17, 15) is 4.79 Å². The van der Waals surface area contributed by atoms with Crippen LogP contribution in [-0.4, -0.2) is 21.7 Å². The number of carbonyl (C=O) groups is 1. The van der Waals surface area contributed by atoms with Gasteiger partial charge in [0.15, 0.2) is 0 Å². The summed E-state index contributed by atoms with van der Waals surface area (Å²) in [6, 6.07) is 9.89. The number of carbonyl (C=O) groups excluding carboxylic acids is 1. The Morgan fingerprint density at radius 1 is 1.14 bits per heavy atom. The van der Waals surface area contributed by atoms with Crippen LogP contribution in [0.25, 0.3) is 5.69 Å². The average molecular weight is 398 g/mol. The average Bonchev–Trinajstić information content (AvgIpc) is 2.95. The quantitative estimate of drug-likeness (QED) is 0.773.